The van der Waals surface area contributed by atoms with Crippen LogP contribution in [0.1, 0.15) is 5.56 Å². The summed E-state index contributed by atoms with van der Waals surface area (Å²) in [5, 5.41) is 3.07. The van der Waals surface area contributed by atoms with Crippen molar-refractivity contribution in [1.29, 1.82) is 0 Å². The number of ether oxygens (including phenoxy) is 1. The third kappa shape index (κ3) is 4.47. The van der Waals surface area contributed by atoms with Gasteiger partial charge in [0, 0.05) is 49.5 Å². The molecule has 0 unspecified atom stereocenters. The van der Waals surface area contributed by atoms with Gasteiger partial charge in [-0.05, 0) is 6.07 Å². The van der Waals surface area contributed by atoms with Gasteiger partial charge in [0.25, 0.3) is 0 Å². The highest BCUT2D eigenvalue weighted by atomic mass is 127. The van der Waals surface area contributed by atoms with Crippen molar-refractivity contribution in [3.63, 3.8) is 0 Å². The molecular weight excluding hydrogens is 439 g/mol. The number of guanidine groups is 1. The first-order valence-electron chi connectivity index (χ1n) is 7.45. The first kappa shape index (κ1) is 18.7. The van der Waals surface area contributed by atoms with Crippen molar-refractivity contribution in [2.75, 3.05) is 38.2 Å². The van der Waals surface area contributed by atoms with Crippen molar-refractivity contribution >= 4 is 46.4 Å². The summed E-state index contributed by atoms with van der Waals surface area (Å²) in [5.41, 5.74) is 7.07. The average molecular weight is 460 g/mol. The zero-order valence-electron chi connectivity index (χ0n) is 13.5. The molecule has 7 nitrogen and oxygen atoms in total. The van der Waals surface area contributed by atoms with Crippen molar-refractivity contribution in [2.24, 2.45) is 10.7 Å². The fraction of sp³-hybridized carbons (Fsp3) is 0.400. The molecule has 0 aromatic carbocycles. The fourth-order valence-electron chi connectivity index (χ4n) is 2.49. The van der Waals surface area contributed by atoms with Crippen LogP contribution in [0.5, 0.6) is 5.88 Å². The second-order valence-corrected chi connectivity index (χ2v) is 6.01. The van der Waals surface area contributed by atoms with E-state index in [2.05, 4.69) is 24.8 Å². The van der Waals surface area contributed by atoms with Crippen molar-refractivity contribution in [3.8, 4) is 5.88 Å². The predicted molar refractivity (Wildman–Crippen MR) is 107 cm³/mol. The first-order chi connectivity index (χ1) is 11.3. The SMILES string of the molecule is COc1ncccc1CN=C(N)N1CCN(c2nccs2)CC1.I. The summed E-state index contributed by atoms with van der Waals surface area (Å²) in [6.45, 7) is 3.97. The molecular formula is C15H21IN6OS. The quantitative estimate of drug-likeness (QED) is 0.426. The lowest BCUT2D eigenvalue weighted by molar-refractivity contribution is 0.379. The van der Waals surface area contributed by atoms with E-state index in [1.807, 2.05) is 23.7 Å². The van der Waals surface area contributed by atoms with Crippen LogP contribution < -0.4 is 15.4 Å². The minimum Gasteiger partial charge on any atom is -0.481 e. The molecule has 0 atom stereocenters. The lowest BCUT2D eigenvalue weighted by atomic mass is 10.3. The van der Waals surface area contributed by atoms with Crippen molar-refractivity contribution in [2.45, 2.75) is 6.54 Å². The van der Waals surface area contributed by atoms with Gasteiger partial charge < -0.3 is 20.3 Å². The Morgan fingerprint density at radius 1 is 1.29 bits per heavy atom. The molecule has 0 amide bonds. The molecule has 1 aliphatic rings. The third-order valence-corrected chi connectivity index (χ3v) is 4.58. The number of thiazole rings is 1. The maximum absolute atomic E-state index is 6.14. The van der Waals surface area contributed by atoms with Gasteiger partial charge in [-0.3, -0.25) is 0 Å². The number of aromatic nitrogens is 2. The monoisotopic (exact) mass is 460 g/mol. The molecule has 0 saturated carbocycles. The van der Waals surface area contributed by atoms with Crippen molar-refractivity contribution in [3.05, 3.63) is 35.5 Å². The maximum Gasteiger partial charge on any atom is 0.218 e. The molecule has 3 heterocycles. The van der Waals surface area contributed by atoms with Gasteiger partial charge >= 0.3 is 0 Å². The number of nitrogens with zero attached hydrogens (tertiary/aromatic N) is 5. The van der Waals surface area contributed by atoms with Gasteiger partial charge in [-0.15, -0.1) is 35.3 Å². The predicted octanol–water partition coefficient (Wildman–Crippen LogP) is 1.80. The smallest absolute Gasteiger partial charge is 0.218 e. The van der Waals surface area contributed by atoms with Crippen LogP contribution in [0.2, 0.25) is 0 Å². The topological polar surface area (TPSA) is 79.9 Å². The van der Waals surface area contributed by atoms with Crippen molar-refractivity contribution < 1.29 is 4.74 Å². The molecule has 9 heteroatoms. The summed E-state index contributed by atoms with van der Waals surface area (Å²) < 4.78 is 5.23. The van der Waals surface area contributed by atoms with E-state index in [1.54, 1.807) is 24.6 Å². The molecule has 0 aliphatic carbocycles. The van der Waals surface area contributed by atoms with Gasteiger partial charge in [0.15, 0.2) is 11.1 Å². The number of pyridine rings is 1. The van der Waals surface area contributed by atoms with Crippen LogP contribution in [-0.2, 0) is 6.54 Å². The lowest BCUT2D eigenvalue weighted by Crippen LogP contribution is -2.51. The van der Waals surface area contributed by atoms with Crippen LogP contribution >= 0.6 is 35.3 Å². The molecule has 1 aliphatic heterocycles. The van der Waals surface area contributed by atoms with E-state index in [9.17, 15) is 0 Å². The Kier molecular flexibility index (Phi) is 7.03. The third-order valence-electron chi connectivity index (χ3n) is 3.75. The molecule has 2 aromatic heterocycles. The van der Waals surface area contributed by atoms with E-state index in [1.165, 1.54) is 0 Å². The maximum atomic E-state index is 6.14. The molecule has 1 fully saturated rings. The molecule has 0 radical (unpaired) electrons. The molecule has 0 bridgehead atoms. The summed E-state index contributed by atoms with van der Waals surface area (Å²) in [6, 6.07) is 3.82. The Morgan fingerprint density at radius 2 is 2.08 bits per heavy atom. The van der Waals surface area contributed by atoms with Crippen LogP contribution in [0.3, 0.4) is 0 Å². The number of nitrogens with two attached hydrogens (primary N) is 1. The number of hydrogen-bond donors (Lipinski definition) is 1. The molecule has 130 valence electrons. The molecule has 2 aromatic rings. The summed E-state index contributed by atoms with van der Waals surface area (Å²) in [4.78, 5) is 17.4. The summed E-state index contributed by atoms with van der Waals surface area (Å²) in [5.74, 6) is 1.16. The molecule has 24 heavy (non-hydrogen) atoms. The van der Waals surface area contributed by atoms with Crippen molar-refractivity contribution in [1.82, 2.24) is 14.9 Å². The number of aliphatic imine (C=N–C) groups is 1. The number of hydrogen-bond acceptors (Lipinski definition) is 6. The first-order valence-corrected chi connectivity index (χ1v) is 8.33. The normalized spacial score (nSPS) is 15.1. The highest BCUT2D eigenvalue weighted by Gasteiger charge is 2.19. The van der Waals surface area contributed by atoms with Gasteiger partial charge in [0.1, 0.15) is 0 Å². The van der Waals surface area contributed by atoms with Crippen LogP contribution in [0.25, 0.3) is 0 Å². The standard InChI is InChI=1S/C15H20N6OS.HI/c1-22-13-12(3-2-4-17-13)11-19-14(16)20-6-8-21(9-7-20)15-18-5-10-23-15;/h2-5,10H,6-9,11H2,1H3,(H2,16,19);1H. The number of rotatable bonds is 4. The summed E-state index contributed by atoms with van der Waals surface area (Å²) >= 11 is 1.66. The summed E-state index contributed by atoms with van der Waals surface area (Å²) in [6.07, 6.45) is 3.54. The van der Waals surface area contributed by atoms with Crippen LogP contribution in [-0.4, -0.2) is 54.1 Å². The number of halogens is 1. The Labute approximate surface area is 162 Å². The van der Waals surface area contributed by atoms with E-state index < -0.39 is 0 Å². The number of methoxy groups -OCH3 is 1. The Hall–Kier alpha value is -1.62. The Balaban J connectivity index is 0.00000208. The van der Waals surface area contributed by atoms with Crippen LogP contribution in [0.15, 0.2) is 34.9 Å². The lowest BCUT2D eigenvalue weighted by Gasteiger charge is -2.35. The van der Waals surface area contributed by atoms with E-state index >= 15 is 0 Å². The highest BCUT2D eigenvalue weighted by Crippen LogP contribution is 2.19. The van der Waals surface area contributed by atoms with Gasteiger partial charge in [0.05, 0.1) is 13.7 Å². The van der Waals surface area contributed by atoms with E-state index in [0.29, 0.717) is 18.4 Å². The summed E-state index contributed by atoms with van der Waals surface area (Å²) in [7, 11) is 1.61. The zero-order valence-corrected chi connectivity index (χ0v) is 16.6. The average Bonchev–Trinajstić information content (AvgIpc) is 3.14. The van der Waals surface area contributed by atoms with Gasteiger partial charge in [-0.1, -0.05) is 6.07 Å². The molecule has 1 saturated heterocycles. The van der Waals surface area contributed by atoms with Crippen LogP contribution in [0, 0.1) is 0 Å². The number of anilines is 1. The van der Waals surface area contributed by atoms with E-state index in [-0.39, 0.29) is 24.0 Å². The highest BCUT2D eigenvalue weighted by molar-refractivity contribution is 14.0. The minimum atomic E-state index is 0. The largest absolute Gasteiger partial charge is 0.481 e. The second kappa shape index (κ2) is 9.02. The van der Waals surface area contributed by atoms with Gasteiger partial charge in [-0.2, -0.15) is 0 Å². The van der Waals surface area contributed by atoms with Crippen LogP contribution in [0.4, 0.5) is 5.13 Å². The number of piperazine rings is 1. The molecule has 0 spiro atoms. The van der Waals surface area contributed by atoms with E-state index in [4.69, 9.17) is 10.5 Å². The van der Waals surface area contributed by atoms with Gasteiger partial charge in [-0.25, -0.2) is 15.0 Å². The Morgan fingerprint density at radius 3 is 2.75 bits per heavy atom. The fourth-order valence-corrected chi connectivity index (χ4v) is 3.19. The Bertz CT molecular complexity index is 658. The molecule has 2 N–H and O–H groups in total. The molecule has 3 rings (SSSR count). The van der Waals surface area contributed by atoms with Gasteiger partial charge in [0.2, 0.25) is 5.88 Å². The zero-order chi connectivity index (χ0) is 16.1. The minimum absolute atomic E-state index is 0. The van der Waals surface area contributed by atoms with E-state index in [0.717, 1.165) is 36.9 Å². The second-order valence-electron chi connectivity index (χ2n) is 5.14.